The van der Waals surface area contributed by atoms with Crippen molar-refractivity contribution >= 4 is 19.4 Å². The standard InChI is InChI=1S/C17H28SSi/c1-6-8-10-15-14-18-17(12-13-19(3,4)5)16(15)11-9-7-2/h14H,6-11H2,1-5H3. The molecule has 0 aliphatic rings. The highest BCUT2D eigenvalue weighted by Gasteiger charge is 2.11. The molecule has 1 heterocycles. The summed E-state index contributed by atoms with van der Waals surface area (Å²) < 4.78 is 0. The first-order valence-corrected chi connectivity index (χ1v) is 12.0. The lowest BCUT2D eigenvalue weighted by Gasteiger charge is -2.05. The van der Waals surface area contributed by atoms with Gasteiger partial charge in [0, 0.05) is 0 Å². The van der Waals surface area contributed by atoms with Crippen molar-refractivity contribution in [3.8, 4) is 11.5 Å². The molecule has 0 saturated heterocycles. The largest absolute Gasteiger partial charge is 0.135 e. The Morgan fingerprint density at radius 3 is 2.26 bits per heavy atom. The summed E-state index contributed by atoms with van der Waals surface area (Å²) in [6.45, 7) is 11.5. The minimum atomic E-state index is -1.26. The Morgan fingerprint density at radius 1 is 1.05 bits per heavy atom. The summed E-state index contributed by atoms with van der Waals surface area (Å²) in [6.07, 6.45) is 7.59. The van der Waals surface area contributed by atoms with E-state index >= 15 is 0 Å². The lowest BCUT2D eigenvalue weighted by atomic mass is 10.0. The van der Waals surface area contributed by atoms with Crippen molar-refractivity contribution in [1.29, 1.82) is 0 Å². The molecule has 2 heteroatoms. The van der Waals surface area contributed by atoms with Crippen molar-refractivity contribution in [2.75, 3.05) is 0 Å². The SMILES string of the molecule is CCCCc1csc(C#C[Si](C)(C)C)c1CCCC. The number of hydrogen-bond donors (Lipinski definition) is 0. The van der Waals surface area contributed by atoms with Gasteiger partial charge in [-0.05, 0) is 42.2 Å². The molecular formula is C17H28SSi. The average molecular weight is 293 g/mol. The van der Waals surface area contributed by atoms with Crippen LogP contribution in [0.25, 0.3) is 0 Å². The summed E-state index contributed by atoms with van der Waals surface area (Å²) in [5, 5.41) is 2.36. The molecule has 0 nitrogen and oxygen atoms in total. The highest BCUT2D eigenvalue weighted by atomic mass is 32.1. The quantitative estimate of drug-likeness (QED) is 0.468. The number of rotatable bonds is 6. The third kappa shape index (κ3) is 5.97. The molecule has 0 unspecified atom stereocenters. The van der Waals surface area contributed by atoms with Crippen LogP contribution in [0.15, 0.2) is 5.38 Å². The minimum absolute atomic E-state index is 1.22. The molecule has 0 N–H and O–H groups in total. The molecule has 0 atom stereocenters. The van der Waals surface area contributed by atoms with E-state index in [0.717, 1.165) is 0 Å². The van der Waals surface area contributed by atoms with Crippen LogP contribution >= 0.6 is 11.3 Å². The molecule has 0 aromatic carbocycles. The smallest absolute Gasteiger partial charge is 0.129 e. The summed E-state index contributed by atoms with van der Waals surface area (Å²) in [7, 11) is -1.26. The molecule has 0 radical (unpaired) electrons. The van der Waals surface area contributed by atoms with Crippen molar-refractivity contribution in [2.45, 2.75) is 72.0 Å². The predicted octanol–water partition coefficient (Wildman–Crippen LogP) is 5.66. The Kier molecular flexibility index (Phi) is 6.89. The van der Waals surface area contributed by atoms with Gasteiger partial charge in [0.25, 0.3) is 0 Å². The lowest BCUT2D eigenvalue weighted by Crippen LogP contribution is -2.16. The zero-order chi connectivity index (χ0) is 14.3. The summed E-state index contributed by atoms with van der Waals surface area (Å²) in [5.74, 6) is 3.49. The normalized spacial score (nSPS) is 11.2. The molecule has 0 spiro atoms. The molecule has 1 rings (SSSR count). The summed E-state index contributed by atoms with van der Waals surface area (Å²) in [5.41, 5.74) is 6.65. The molecule has 0 fully saturated rings. The Hall–Kier alpha value is -0.523. The van der Waals surface area contributed by atoms with Crippen LogP contribution in [0.4, 0.5) is 0 Å². The fraction of sp³-hybridized carbons (Fsp3) is 0.647. The van der Waals surface area contributed by atoms with Crippen molar-refractivity contribution in [2.24, 2.45) is 0 Å². The van der Waals surface area contributed by atoms with Crippen LogP contribution < -0.4 is 0 Å². The van der Waals surface area contributed by atoms with Gasteiger partial charge in [-0.1, -0.05) is 52.3 Å². The zero-order valence-electron chi connectivity index (χ0n) is 13.2. The van der Waals surface area contributed by atoms with Crippen LogP contribution in [0, 0.1) is 11.5 Å². The molecular weight excluding hydrogens is 264 g/mol. The third-order valence-corrected chi connectivity index (χ3v) is 4.97. The van der Waals surface area contributed by atoms with Gasteiger partial charge in [0.1, 0.15) is 8.07 Å². The van der Waals surface area contributed by atoms with Crippen LogP contribution in [0.2, 0.25) is 19.6 Å². The monoisotopic (exact) mass is 292 g/mol. The molecule has 0 amide bonds. The highest BCUT2D eigenvalue weighted by molar-refractivity contribution is 7.11. The first-order chi connectivity index (χ1) is 8.98. The van der Waals surface area contributed by atoms with E-state index in [9.17, 15) is 0 Å². The maximum Gasteiger partial charge on any atom is 0.129 e. The Balaban J connectivity index is 2.95. The lowest BCUT2D eigenvalue weighted by molar-refractivity contribution is 0.761. The van der Waals surface area contributed by atoms with Gasteiger partial charge in [0.05, 0.1) is 4.88 Å². The first kappa shape index (κ1) is 16.5. The second-order valence-electron chi connectivity index (χ2n) is 6.28. The van der Waals surface area contributed by atoms with Crippen LogP contribution in [0.5, 0.6) is 0 Å². The van der Waals surface area contributed by atoms with Gasteiger partial charge in [-0.25, -0.2) is 0 Å². The van der Waals surface area contributed by atoms with Gasteiger partial charge in [-0.3, -0.25) is 0 Å². The molecule has 0 aliphatic heterocycles. The van der Waals surface area contributed by atoms with E-state index in [2.05, 4.69) is 50.3 Å². The topological polar surface area (TPSA) is 0 Å². The minimum Gasteiger partial charge on any atom is -0.135 e. The third-order valence-electron chi connectivity index (χ3n) is 3.11. The van der Waals surface area contributed by atoms with E-state index < -0.39 is 8.07 Å². The van der Waals surface area contributed by atoms with E-state index in [4.69, 9.17) is 0 Å². The van der Waals surface area contributed by atoms with Crippen LogP contribution in [0.3, 0.4) is 0 Å². The Morgan fingerprint density at radius 2 is 1.68 bits per heavy atom. The summed E-state index contributed by atoms with van der Waals surface area (Å²) in [4.78, 5) is 1.35. The van der Waals surface area contributed by atoms with Gasteiger partial charge < -0.3 is 0 Å². The van der Waals surface area contributed by atoms with E-state index in [1.807, 2.05) is 11.3 Å². The van der Waals surface area contributed by atoms with Crippen LogP contribution in [0.1, 0.15) is 55.5 Å². The predicted molar refractivity (Wildman–Crippen MR) is 91.8 cm³/mol. The molecule has 0 aliphatic carbocycles. The Labute approximate surface area is 124 Å². The van der Waals surface area contributed by atoms with E-state index in [0.29, 0.717) is 0 Å². The molecule has 0 saturated carbocycles. The van der Waals surface area contributed by atoms with E-state index in [1.54, 1.807) is 11.1 Å². The van der Waals surface area contributed by atoms with Gasteiger partial charge in [-0.2, -0.15) is 0 Å². The number of aryl methyl sites for hydroxylation is 1. The van der Waals surface area contributed by atoms with Gasteiger partial charge in [0.2, 0.25) is 0 Å². The summed E-state index contributed by atoms with van der Waals surface area (Å²) >= 11 is 1.87. The van der Waals surface area contributed by atoms with Gasteiger partial charge >= 0.3 is 0 Å². The maximum atomic E-state index is 3.52. The molecule has 0 bridgehead atoms. The van der Waals surface area contributed by atoms with Crippen molar-refractivity contribution in [3.05, 3.63) is 21.4 Å². The second kappa shape index (κ2) is 7.92. The molecule has 1 aromatic rings. The highest BCUT2D eigenvalue weighted by Crippen LogP contribution is 2.25. The number of thiophene rings is 1. The van der Waals surface area contributed by atoms with Crippen LogP contribution in [-0.2, 0) is 12.8 Å². The fourth-order valence-corrected chi connectivity index (χ4v) is 3.57. The van der Waals surface area contributed by atoms with E-state index in [1.165, 1.54) is 43.4 Å². The van der Waals surface area contributed by atoms with Crippen molar-refractivity contribution < 1.29 is 0 Å². The van der Waals surface area contributed by atoms with E-state index in [-0.39, 0.29) is 0 Å². The molecule has 19 heavy (non-hydrogen) atoms. The van der Waals surface area contributed by atoms with Gasteiger partial charge in [-0.15, -0.1) is 16.9 Å². The second-order valence-corrected chi connectivity index (χ2v) is 11.9. The summed E-state index contributed by atoms with van der Waals surface area (Å²) in [6, 6.07) is 0. The van der Waals surface area contributed by atoms with Crippen LogP contribution in [-0.4, -0.2) is 8.07 Å². The van der Waals surface area contributed by atoms with Crippen molar-refractivity contribution in [1.82, 2.24) is 0 Å². The fourth-order valence-electron chi connectivity index (χ4n) is 1.97. The van der Waals surface area contributed by atoms with Crippen molar-refractivity contribution in [3.63, 3.8) is 0 Å². The molecule has 1 aromatic heterocycles. The number of hydrogen-bond acceptors (Lipinski definition) is 1. The zero-order valence-corrected chi connectivity index (χ0v) is 15.0. The maximum absolute atomic E-state index is 3.52. The van der Waals surface area contributed by atoms with Gasteiger partial charge in [0.15, 0.2) is 0 Å². The molecule has 106 valence electrons. The Bertz CT molecular complexity index is 440. The first-order valence-electron chi connectivity index (χ1n) is 7.60. The number of unbranched alkanes of at least 4 members (excludes halogenated alkanes) is 2. The average Bonchev–Trinajstić information content (AvgIpc) is 2.72.